The van der Waals surface area contributed by atoms with Crippen LogP contribution in [-0.4, -0.2) is 4.98 Å². The van der Waals surface area contributed by atoms with Gasteiger partial charge in [-0.3, -0.25) is 0 Å². The first-order chi connectivity index (χ1) is 10.1. The summed E-state index contributed by atoms with van der Waals surface area (Å²) in [6.07, 6.45) is 7.40. The SMILES string of the molecule is Cc1oc(-c2ccc(F)cn2)cc1C(Cl)C1CCCCC1. The summed E-state index contributed by atoms with van der Waals surface area (Å²) in [6, 6.07) is 4.97. The molecule has 0 aliphatic heterocycles. The minimum Gasteiger partial charge on any atom is -0.459 e. The van der Waals surface area contributed by atoms with Gasteiger partial charge in [0.05, 0.1) is 11.6 Å². The molecule has 0 aromatic carbocycles. The third-order valence-corrected chi connectivity index (χ3v) is 4.89. The number of hydrogen-bond donors (Lipinski definition) is 0. The molecule has 0 amide bonds. The maximum atomic E-state index is 12.9. The van der Waals surface area contributed by atoms with E-state index in [0.29, 0.717) is 17.4 Å². The van der Waals surface area contributed by atoms with Crippen molar-refractivity contribution in [3.05, 3.63) is 41.5 Å². The van der Waals surface area contributed by atoms with Crippen molar-refractivity contribution >= 4 is 11.6 Å². The summed E-state index contributed by atoms with van der Waals surface area (Å²) in [4.78, 5) is 4.06. The van der Waals surface area contributed by atoms with Crippen LogP contribution in [0.3, 0.4) is 0 Å². The van der Waals surface area contributed by atoms with Gasteiger partial charge in [0.15, 0.2) is 5.76 Å². The fourth-order valence-electron chi connectivity index (χ4n) is 3.10. The maximum Gasteiger partial charge on any atom is 0.152 e. The summed E-state index contributed by atoms with van der Waals surface area (Å²) in [7, 11) is 0. The minimum atomic E-state index is -0.348. The van der Waals surface area contributed by atoms with Gasteiger partial charge in [0, 0.05) is 5.56 Å². The third-order valence-electron chi connectivity index (χ3n) is 4.30. The highest BCUT2D eigenvalue weighted by Crippen LogP contribution is 2.41. The lowest BCUT2D eigenvalue weighted by Gasteiger charge is -2.25. The lowest BCUT2D eigenvalue weighted by atomic mass is 9.84. The first kappa shape index (κ1) is 14.6. The lowest BCUT2D eigenvalue weighted by Crippen LogP contribution is -2.12. The van der Waals surface area contributed by atoms with Crippen molar-refractivity contribution in [1.29, 1.82) is 0 Å². The molecule has 1 aliphatic rings. The highest BCUT2D eigenvalue weighted by molar-refractivity contribution is 6.21. The molecule has 0 spiro atoms. The Morgan fingerprint density at radius 3 is 2.71 bits per heavy atom. The van der Waals surface area contributed by atoms with Gasteiger partial charge in [-0.1, -0.05) is 19.3 Å². The van der Waals surface area contributed by atoms with Gasteiger partial charge in [-0.15, -0.1) is 11.6 Å². The van der Waals surface area contributed by atoms with Gasteiger partial charge in [0.25, 0.3) is 0 Å². The van der Waals surface area contributed by atoms with Gasteiger partial charge in [0.2, 0.25) is 0 Å². The number of aryl methyl sites for hydroxylation is 1. The molecule has 0 radical (unpaired) electrons. The smallest absolute Gasteiger partial charge is 0.152 e. The largest absolute Gasteiger partial charge is 0.459 e. The van der Waals surface area contributed by atoms with Crippen molar-refractivity contribution in [2.24, 2.45) is 5.92 Å². The molecule has 0 bridgehead atoms. The van der Waals surface area contributed by atoms with Gasteiger partial charge in [-0.2, -0.15) is 0 Å². The molecule has 1 aliphatic carbocycles. The van der Waals surface area contributed by atoms with Crippen LogP contribution in [0.4, 0.5) is 4.39 Å². The number of halogens is 2. The van der Waals surface area contributed by atoms with Crippen molar-refractivity contribution in [2.75, 3.05) is 0 Å². The van der Waals surface area contributed by atoms with Crippen molar-refractivity contribution < 1.29 is 8.81 Å². The molecular weight excluding hydrogens is 289 g/mol. The summed E-state index contributed by atoms with van der Waals surface area (Å²) < 4.78 is 18.7. The molecule has 1 saturated carbocycles. The fourth-order valence-corrected chi connectivity index (χ4v) is 3.57. The molecule has 0 saturated heterocycles. The standard InChI is InChI=1S/C17H19ClFNO/c1-11-14(17(18)12-5-3-2-4-6-12)9-16(21-11)15-8-7-13(19)10-20-15/h7-10,12,17H,2-6H2,1H3. The first-order valence-corrected chi connectivity index (χ1v) is 7.95. The zero-order valence-corrected chi connectivity index (χ0v) is 12.9. The Bertz CT molecular complexity index is 602. The predicted molar refractivity (Wildman–Crippen MR) is 81.8 cm³/mol. The molecule has 1 unspecified atom stereocenters. The molecule has 2 heterocycles. The van der Waals surface area contributed by atoms with E-state index < -0.39 is 0 Å². The maximum absolute atomic E-state index is 12.9. The second-order valence-electron chi connectivity index (χ2n) is 5.78. The molecule has 21 heavy (non-hydrogen) atoms. The van der Waals surface area contributed by atoms with Crippen LogP contribution in [0.15, 0.2) is 28.8 Å². The van der Waals surface area contributed by atoms with Crippen molar-refractivity contribution in [3.8, 4) is 11.5 Å². The van der Waals surface area contributed by atoms with Crippen molar-refractivity contribution in [3.63, 3.8) is 0 Å². The molecule has 1 fully saturated rings. The van der Waals surface area contributed by atoms with E-state index >= 15 is 0 Å². The first-order valence-electron chi connectivity index (χ1n) is 7.51. The monoisotopic (exact) mass is 307 g/mol. The topological polar surface area (TPSA) is 26.0 Å². The summed E-state index contributed by atoms with van der Waals surface area (Å²) in [5.41, 5.74) is 1.68. The van der Waals surface area contributed by atoms with Crippen LogP contribution in [0.1, 0.15) is 48.8 Å². The Morgan fingerprint density at radius 1 is 1.29 bits per heavy atom. The zero-order valence-electron chi connectivity index (χ0n) is 12.1. The number of aromatic nitrogens is 1. The minimum absolute atomic E-state index is 0.0109. The molecule has 1 atom stereocenters. The average molecular weight is 308 g/mol. The average Bonchev–Trinajstić information content (AvgIpc) is 2.90. The van der Waals surface area contributed by atoms with Crippen LogP contribution in [0.25, 0.3) is 11.5 Å². The number of rotatable bonds is 3. The van der Waals surface area contributed by atoms with Crippen LogP contribution in [0.2, 0.25) is 0 Å². The third kappa shape index (κ3) is 3.13. The van der Waals surface area contributed by atoms with Gasteiger partial charge in [-0.25, -0.2) is 9.37 Å². The fraction of sp³-hybridized carbons (Fsp3) is 0.471. The molecular formula is C17H19ClFNO. The van der Waals surface area contributed by atoms with Gasteiger partial charge in [-0.05, 0) is 43.9 Å². The second kappa shape index (κ2) is 6.18. The van der Waals surface area contributed by atoms with Crippen LogP contribution in [-0.2, 0) is 0 Å². The van der Waals surface area contributed by atoms with Crippen molar-refractivity contribution in [1.82, 2.24) is 4.98 Å². The Morgan fingerprint density at radius 2 is 2.05 bits per heavy atom. The number of alkyl halides is 1. The second-order valence-corrected chi connectivity index (χ2v) is 6.25. The van der Waals surface area contributed by atoms with E-state index in [2.05, 4.69) is 4.98 Å². The van der Waals surface area contributed by atoms with Crippen molar-refractivity contribution in [2.45, 2.75) is 44.4 Å². The van der Waals surface area contributed by atoms with Gasteiger partial charge in [0.1, 0.15) is 17.3 Å². The Kier molecular flexibility index (Phi) is 4.29. The number of pyridine rings is 1. The van der Waals surface area contributed by atoms with E-state index in [9.17, 15) is 4.39 Å². The highest BCUT2D eigenvalue weighted by Gasteiger charge is 2.26. The van der Waals surface area contributed by atoms with E-state index in [1.807, 2.05) is 13.0 Å². The molecule has 4 heteroatoms. The summed E-state index contributed by atoms with van der Waals surface area (Å²) >= 11 is 6.68. The van der Waals surface area contributed by atoms with Gasteiger partial charge < -0.3 is 4.42 Å². The number of furan rings is 1. The normalized spacial score (nSPS) is 17.9. The van der Waals surface area contributed by atoms with Crippen LogP contribution >= 0.6 is 11.6 Å². The summed E-state index contributed by atoms with van der Waals surface area (Å²) in [6.45, 7) is 1.93. The molecule has 112 valence electrons. The Balaban J connectivity index is 1.85. The quantitative estimate of drug-likeness (QED) is 0.685. The number of nitrogens with zero attached hydrogens (tertiary/aromatic N) is 1. The summed E-state index contributed by atoms with van der Waals surface area (Å²) in [5, 5.41) is -0.0109. The Hall–Kier alpha value is -1.35. The van der Waals surface area contributed by atoms with Gasteiger partial charge >= 0.3 is 0 Å². The zero-order chi connectivity index (χ0) is 14.8. The molecule has 3 rings (SSSR count). The van der Waals surface area contributed by atoms with E-state index in [0.717, 1.165) is 11.3 Å². The van der Waals surface area contributed by atoms with E-state index in [1.54, 1.807) is 6.07 Å². The van der Waals surface area contributed by atoms with E-state index in [-0.39, 0.29) is 11.2 Å². The number of hydrogen-bond acceptors (Lipinski definition) is 2. The highest BCUT2D eigenvalue weighted by atomic mass is 35.5. The van der Waals surface area contributed by atoms with Crippen LogP contribution in [0, 0.1) is 18.7 Å². The van der Waals surface area contributed by atoms with Crippen LogP contribution < -0.4 is 0 Å². The summed E-state index contributed by atoms with van der Waals surface area (Å²) in [5.74, 6) is 1.66. The van der Waals surface area contributed by atoms with Crippen LogP contribution in [0.5, 0.6) is 0 Å². The van der Waals surface area contributed by atoms with E-state index in [4.69, 9.17) is 16.0 Å². The predicted octanol–water partition coefficient (Wildman–Crippen LogP) is 5.65. The molecule has 2 aromatic heterocycles. The Labute approximate surface area is 129 Å². The van der Waals surface area contributed by atoms with E-state index in [1.165, 1.54) is 44.4 Å². The molecule has 2 nitrogen and oxygen atoms in total. The lowest BCUT2D eigenvalue weighted by molar-refractivity contribution is 0.346. The molecule has 2 aromatic rings. The molecule has 0 N–H and O–H groups in total.